The molecule has 0 amide bonds. The summed E-state index contributed by atoms with van der Waals surface area (Å²) in [7, 11) is 3.05. The van der Waals surface area contributed by atoms with Crippen LogP contribution < -0.4 is 4.74 Å². The van der Waals surface area contributed by atoms with Crippen molar-refractivity contribution in [1.29, 1.82) is 0 Å². The van der Waals surface area contributed by atoms with E-state index in [0.29, 0.717) is 11.3 Å². The second-order valence-corrected chi connectivity index (χ2v) is 6.37. The van der Waals surface area contributed by atoms with Gasteiger partial charge in [0.1, 0.15) is 11.9 Å². The number of imidazole rings is 1. The van der Waals surface area contributed by atoms with Gasteiger partial charge in [0.2, 0.25) is 5.82 Å². The summed E-state index contributed by atoms with van der Waals surface area (Å²) in [5, 5.41) is 21.6. The van der Waals surface area contributed by atoms with Crippen LogP contribution in [0, 0.1) is 10.1 Å². The Morgan fingerprint density at radius 2 is 2.04 bits per heavy atom. The fourth-order valence-electron chi connectivity index (χ4n) is 2.57. The Balaban J connectivity index is 2.56. The predicted octanol–water partition coefficient (Wildman–Crippen LogP) is 2.72. The number of rotatable bonds is 4. The lowest BCUT2D eigenvalue weighted by Gasteiger charge is -2.24. The standard InChI is InChI=1S/C16H21N3O4/c1-16(2,3)11-8-6-7-10(14(11)23-5)13(20)15-17-9-12(18(15)4)19(21)22/h6-9,13,20H,1-5H3. The minimum atomic E-state index is -1.12. The molecular formula is C16H21N3O4. The number of aliphatic hydroxyl groups is 1. The van der Waals surface area contributed by atoms with Crippen molar-refractivity contribution in [3.63, 3.8) is 0 Å². The highest BCUT2D eigenvalue weighted by Gasteiger charge is 2.29. The number of aromatic nitrogens is 2. The predicted molar refractivity (Wildman–Crippen MR) is 85.6 cm³/mol. The summed E-state index contributed by atoms with van der Waals surface area (Å²) in [6.07, 6.45) is 0.0180. The minimum Gasteiger partial charge on any atom is -0.496 e. The van der Waals surface area contributed by atoms with E-state index in [1.54, 1.807) is 13.2 Å². The normalized spacial score (nSPS) is 13.0. The monoisotopic (exact) mass is 319 g/mol. The number of ether oxygens (including phenoxy) is 1. The number of methoxy groups -OCH3 is 1. The maximum Gasteiger partial charge on any atom is 0.342 e. The number of para-hydroxylation sites is 1. The highest BCUT2D eigenvalue weighted by molar-refractivity contribution is 5.48. The fourth-order valence-corrected chi connectivity index (χ4v) is 2.57. The molecule has 0 saturated heterocycles. The van der Waals surface area contributed by atoms with Crippen molar-refractivity contribution < 1.29 is 14.8 Å². The summed E-state index contributed by atoms with van der Waals surface area (Å²) < 4.78 is 6.78. The van der Waals surface area contributed by atoms with Crippen LogP contribution in [-0.4, -0.2) is 26.7 Å². The van der Waals surface area contributed by atoms with E-state index in [1.165, 1.54) is 11.6 Å². The summed E-state index contributed by atoms with van der Waals surface area (Å²) in [6, 6.07) is 5.51. The van der Waals surface area contributed by atoms with E-state index in [4.69, 9.17) is 4.74 Å². The summed E-state index contributed by atoms with van der Waals surface area (Å²) >= 11 is 0. The summed E-state index contributed by atoms with van der Waals surface area (Å²) in [5.41, 5.74) is 1.30. The Kier molecular flexibility index (Phi) is 4.42. The number of hydrogen-bond donors (Lipinski definition) is 1. The number of hydrogen-bond acceptors (Lipinski definition) is 5. The van der Waals surface area contributed by atoms with E-state index in [0.717, 1.165) is 11.8 Å². The molecule has 1 aromatic heterocycles. The van der Waals surface area contributed by atoms with Crippen molar-refractivity contribution in [1.82, 2.24) is 9.55 Å². The molecule has 124 valence electrons. The van der Waals surface area contributed by atoms with Crippen LogP contribution in [0.1, 0.15) is 43.8 Å². The third-order valence-corrected chi connectivity index (χ3v) is 3.78. The topological polar surface area (TPSA) is 90.4 Å². The van der Waals surface area contributed by atoms with Crippen molar-refractivity contribution in [2.45, 2.75) is 32.3 Å². The molecule has 1 atom stereocenters. The minimum absolute atomic E-state index is 0.172. The van der Waals surface area contributed by atoms with Gasteiger partial charge in [0.05, 0.1) is 14.2 Å². The van der Waals surface area contributed by atoms with E-state index in [1.807, 2.05) is 32.9 Å². The molecule has 2 rings (SSSR count). The van der Waals surface area contributed by atoms with Crippen molar-refractivity contribution in [2.24, 2.45) is 7.05 Å². The molecule has 1 N–H and O–H groups in total. The summed E-state index contributed by atoms with van der Waals surface area (Å²) in [4.78, 5) is 14.4. The lowest BCUT2D eigenvalue weighted by molar-refractivity contribution is -0.391. The Morgan fingerprint density at radius 3 is 2.52 bits per heavy atom. The molecule has 1 unspecified atom stereocenters. The van der Waals surface area contributed by atoms with Crippen LogP contribution >= 0.6 is 0 Å². The van der Waals surface area contributed by atoms with Crippen molar-refractivity contribution in [3.05, 3.63) is 51.5 Å². The van der Waals surface area contributed by atoms with Crippen LogP contribution in [-0.2, 0) is 12.5 Å². The molecule has 0 aliphatic rings. The third kappa shape index (κ3) is 3.05. The quantitative estimate of drug-likeness (QED) is 0.691. The average molecular weight is 319 g/mol. The van der Waals surface area contributed by atoms with Crippen LogP contribution in [0.25, 0.3) is 0 Å². The van der Waals surface area contributed by atoms with Gasteiger partial charge in [-0.05, 0) is 15.9 Å². The van der Waals surface area contributed by atoms with E-state index in [-0.39, 0.29) is 17.1 Å². The van der Waals surface area contributed by atoms with Gasteiger partial charge in [-0.15, -0.1) is 0 Å². The van der Waals surface area contributed by atoms with Gasteiger partial charge < -0.3 is 20.0 Å². The molecule has 0 saturated carbocycles. The van der Waals surface area contributed by atoms with Gasteiger partial charge >= 0.3 is 5.82 Å². The Morgan fingerprint density at radius 1 is 1.39 bits per heavy atom. The van der Waals surface area contributed by atoms with Gasteiger partial charge in [-0.25, -0.2) is 9.55 Å². The SMILES string of the molecule is COc1c(C(O)c2ncc([N+](=O)[O-])n2C)cccc1C(C)(C)C. The number of nitrogens with zero attached hydrogens (tertiary/aromatic N) is 3. The second kappa shape index (κ2) is 6.00. The first-order valence-corrected chi connectivity index (χ1v) is 7.20. The van der Waals surface area contributed by atoms with E-state index < -0.39 is 11.0 Å². The zero-order valence-corrected chi connectivity index (χ0v) is 13.9. The lowest BCUT2D eigenvalue weighted by atomic mass is 9.84. The average Bonchev–Trinajstić information content (AvgIpc) is 2.86. The van der Waals surface area contributed by atoms with Gasteiger partial charge in [0, 0.05) is 5.56 Å². The van der Waals surface area contributed by atoms with Crippen molar-refractivity contribution in [2.75, 3.05) is 7.11 Å². The van der Waals surface area contributed by atoms with E-state index in [9.17, 15) is 15.2 Å². The van der Waals surface area contributed by atoms with Crippen LogP contribution in [0.4, 0.5) is 5.82 Å². The molecule has 1 heterocycles. The van der Waals surface area contributed by atoms with Crippen molar-refractivity contribution >= 4 is 5.82 Å². The Bertz CT molecular complexity index is 731. The second-order valence-electron chi connectivity index (χ2n) is 6.37. The van der Waals surface area contributed by atoms with Crippen LogP contribution in [0.5, 0.6) is 5.75 Å². The molecule has 23 heavy (non-hydrogen) atoms. The largest absolute Gasteiger partial charge is 0.496 e. The molecule has 0 aliphatic carbocycles. The van der Waals surface area contributed by atoms with Crippen LogP contribution in [0.3, 0.4) is 0 Å². The molecule has 0 aliphatic heterocycles. The van der Waals surface area contributed by atoms with E-state index >= 15 is 0 Å². The van der Waals surface area contributed by atoms with Crippen molar-refractivity contribution in [3.8, 4) is 5.75 Å². The zero-order chi connectivity index (χ0) is 17.4. The van der Waals surface area contributed by atoms with Crippen LogP contribution in [0.15, 0.2) is 24.4 Å². The molecule has 1 aromatic carbocycles. The first kappa shape index (κ1) is 17.0. The summed E-state index contributed by atoms with van der Waals surface area (Å²) in [6.45, 7) is 6.14. The van der Waals surface area contributed by atoms with Gasteiger partial charge in [0.15, 0.2) is 6.10 Å². The molecule has 2 aromatic rings. The molecule has 0 fully saturated rings. The van der Waals surface area contributed by atoms with Gasteiger partial charge in [-0.3, -0.25) is 0 Å². The maximum atomic E-state index is 10.9. The van der Waals surface area contributed by atoms with Crippen LogP contribution in [0.2, 0.25) is 0 Å². The number of nitro groups is 1. The first-order valence-electron chi connectivity index (χ1n) is 7.20. The smallest absolute Gasteiger partial charge is 0.342 e. The van der Waals surface area contributed by atoms with Gasteiger partial charge in [-0.2, -0.15) is 0 Å². The summed E-state index contributed by atoms with van der Waals surface area (Å²) in [5.74, 6) is 0.587. The molecule has 7 nitrogen and oxygen atoms in total. The van der Waals surface area contributed by atoms with Gasteiger partial charge in [-0.1, -0.05) is 39.0 Å². The van der Waals surface area contributed by atoms with E-state index in [2.05, 4.69) is 4.98 Å². The molecular weight excluding hydrogens is 298 g/mol. The molecule has 0 bridgehead atoms. The Labute approximate surface area is 134 Å². The van der Waals surface area contributed by atoms with Gasteiger partial charge in [0.25, 0.3) is 0 Å². The highest BCUT2D eigenvalue weighted by Crippen LogP contribution is 2.38. The lowest BCUT2D eigenvalue weighted by Crippen LogP contribution is -2.16. The maximum absolute atomic E-state index is 10.9. The molecule has 0 radical (unpaired) electrons. The zero-order valence-electron chi connectivity index (χ0n) is 13.9. The third-order valence-electron chi connectivity index (χ3n) is 3.78. The molecule has 0 spiro atoms. The number of aliphatic hydroxyl groups excluding tert-OH is 1. The highest BCUT2D eigenvalue weighted by atomic mass is 16.6. The first-order chi connectivity index (χ1) is 10.7. The molecule has 7 heteroatoms. The Hall–Kier alpha value is -2.41. The fraction of sp³-hybridized carbons (Fsp3) is 0.438. The number of benzene rings is 1.